The van der Waals surface area contributed by atoms with Crippen molar-refractivity contribution in [3.8, 4) is 0 Å². The first-order valence-electron chi connectivity index (χ1n) is 11.4. The molecular weight excluding hydrogens is 502 g/mol. The first-order chi connectivity index (χ1) is 18.0. The lowest BCUT2D eigenvalue weighted by Gasteiger charge is -2.24. The van der Waals surface area contributed by atoms with Crippen LogP contribution >= 0.6 is 0 Å². The summed E-state index contributed by atoms with van der Waals surface area (Å²) in [5.41, 5.74) is 11.9. The van der Waals surface area contributed by atoms with E-state index >= 15 is 0 Å². The van der Waals surface area contributed by atoms with E-state index < -0.39 is 72.6 Å². The number of nitrogens with two attached hydrogens (primary N) is 2. The van der Waals surface area contributed by atoms with E-state index in [2.05, 4.69) is 25.9 Å². The van der Waals surface area contributed by atoms with Crippen molar-refractivity contribution in [3.63, 3.8) is 0 Å². The summed E-state index contributed by atoms with van der Waals surface area (Å²) in [6.07, 6.45) is 1.11. The van der Waals surface area contributed by atoms with Gasteiger partial charge in [0.2, 0.25) is 23.6 Å². The average molecular weight is 532 g/mol. The molecule has 2 rings (SSSR count). The Hall–Kier alpha value is -4.79. The summed E-state index contributed by atoms with van der Waals surface area (Å²) in [4.78, 5) is 79.2. The van der Waals surface area contributed by atoms with E-state index in [1.54, 1.807) is 30.3 Å². The van der Waals surface area contributed by atoms with E-state index in [9.17, 15) is 33.9 Å². The zero-order valence-electron chi connectivity index (χ0n) is 20.1. The molecule has 0 saturated carbocycles. The van der Waals surface area contributed by atoms with Crippen molar-refractivity contribution in [1.82, 2.24) is 25.9 Å². The second-order valence-corrected chi connectivity index (χ2v) is 8.37. The summed E-state index contributed by atoms with van der Waals surface area (Å²) < 4.78 is 0. The number of benzene rings is 1. The number of H-pyrrole nitrogens is 1. The van der Waals surface area contributed by atoms with Gasteiger partial charge in [0.15, 0.2) is 0 Å². The number of nitrogens with zero attached hydrogens (tertiary/aromatic N) is 1. The van der Waals surface area contributed by atoms with Gasteiger partial charge in [0, 0.05) is 24.7 Å². The maximum atomic E-state index is 13.2. The quantitative estimate of drug-likeness (QED) is 0.119. The fraction of sp³-hybridized carbons (Fsp3) is 0.348. The van der Waals surface area contributed by atoms with Crippen LogP contribution in [0.25, 0.3) is 0 Å². The largest absolute Gasteiger partial charge is 0.481 e. The molecule has 0 aliphatic heterocycles. The molecule has 15 heteroatoms. The lowest BCUT2D eigenvalue weighted by Crippen LogP contribution is -2.58. The minimum atomic E-state index is -1.58. The topological polar surface area (TPSA) is 260 Å². The molecule has 0 saturated heterocycles. The molecule has 1 aromatic carbocycles. The van der Waals surface area contributed by atoms with Crippen LogP contribution in [0, 0.1) is 0 Å². The van der Waals surface area contributed by atoms with Crippen LogP contribution < -0.4 is 27.4 Å². The van der Waals surface area contributed by atoms with Gasteiger partial charge in [-0.2, -0.15) is 0 Å². The molecule has 10 N–H and O–H groups in total. The molecule has 0 aliphatic rings. The molecule has 204 valence electrons. The molecule has 0 radical (unpaired) electrons. The minimum Gasteiger partial charge on any atom is -0.481 e. The minimum absolute atomic E-state index is 0.0688. The van der Waals surface area contributed by atoms with Crippen molar-refractivity contribution in [1.29, 1.82) is 0 Å². The van der Waals surface area contributed by atoms with E-state index in [0.717, 1.165) is 0 Å². The maximum absolute atomic E-state index is 13.2. The summed E-state index contributed by atoms with van der Waals surface area (Å²) in [6, 6.07) is 2.67. The Labute approximate surface area is 216 Å². The number of carboxylic acids is 2. The monoisotopic (exact) mass is 531 g/mol. The first kappa shape index (κ1) is 29.4. The number of rotatable bonds is 15. The molecule has 4 amide bonds. The van der Waals surface area contributed by atoms with Gasteiger partial charge >= 0.3 is 11.9 Å². The van der Waals surface area contributed by atoms with Gasteiger partial charge in [0.1, 0.15) is 18.1 Å². The van der Waals surface area contributed by atoms with Crippen LogP contribution in [-0.4, -0.2) is 79.9 Å². The Morgan fingerprint density at radius 2 is 1.45 bits per heavy atom. The predicted octanol–water partition coefficient (Wildman–Crippen LogP) is -2.59. The second-order valence-electron chi connectivity index (χ2n) is 8.37. The van der Waals surface area contributed by atoms with Gasteiger partial charge in [-0.3, -0.25) is 24.0 Å². The smallest absolute Gasteiger partial charge is 0.326 e. The number of nitrogens with one attached hydrogen (secondary N) is 4. The number of carbonyl (C=O) groups is 6. The molecule has 38 heavy (non-hydrogen) atoms. The van der Waals surface area contributed by atoms with Crippen molar-refractivity contribution in [2.24, 2.45) is 11.5 Å². The van der Waals surface area contributed by atoms with E-state index in [1.807, 2.05) is 0 Å². The van der Waals surface area contributed by atoms with Gasteiger partial charge in [-0.15, -0.1) is 0 Å². The lowest BCUT2D eigenvalue weighted by atomic mass is 10.0. The molecule has 0 bridgehead atoms. The molecule has 0 spiro atoms. The number of hydrogen-bond donors (Lipinski definition) is 8. The van der Waals surface area contributed by atoms with E-state index in [1.165, 1.54) is 12.5 Å². The maximum Gasteiger partial charge on any atom is 0.326 e. The number of carbonyl (C=O) groups excluding carboxylic acids is 4. The van der Waals surface area contributed by atoms with Gasteiger partial charge < -0.3 is 42.6 Å². The normalized spacial score (nSPS) is 13.8. The summed E-state index contributed by atoms with van der Waals surface area (Å²) in [5.74, 6) is -6.50. The molecule has 4 atom stereocenters. The number of aromatic amines is 1. The van der Waals surface area contributed by atoms with Gasteiger partial charge in [0.25, 0.3) is 0 Å². The standard InChI is InChI=1S/C23H29N7O8/c24-14(8-19(32)33)20(34)28-15(6-12-4-2-1-3-5-12)21(35)29-16(9-18(25)31)22(36)30-17(23(37)38)7-13-10-26-11-27-13/h1-5,10-11,14-17H,6-9,24H2,(H2,25,31)(H,26,27)(H,28,34)(H,29,35)(H,30,36)(H,32,33)(H,37,38). The van der Waals surface area contributed by atoms with Gasteiger partial charge in [0.05, 0.1) is 25.2 Å². The summed E-state index contributed by atoms with van der Waals surface area (Å²) >= 11 is 0. The van der Waals surface area contributed by atoms with Crippen molar-refractivity contribution >= 4 is 35.6 Å². The highest BCUT2D eigenvalue weighted by Crippen LogP contribution is 2.06. The number of carboxylic acid groups (broad SMARTS) is 2. The van der Waals surface area contributed by atoms with Gasteiger partial charge in [-0.25, -0.2) is 9.78 Å². The number of hydrogen-bond acceptors (Lipinski definition) is 8. The van der Waals surface area contributed by atoms with Crippen LogP contribution in [0.1, 0.15) is 24.1 Å². The van der Waals surface area contributed by atoms with Crippen LogP contribution in [-0.2, 0) is 41.6 Å². The van der Waals surface area contributed by atoms with Crippen molar-refractivity contribution in [3.05, 3.63) is 54.1 Å². The third-order valence-electron chi connectivity index (χ3n) is 5.28. The third kappa shape index (κ3) is 9.69. The second kappa shape index (κ2) is 14.1. The van der Waals surface area contributed by atoms with E-state index in [0.29, 0.717) is 11.3 Å². The molecule has 0 fully saturated rings. The number of aliphatic carboxylic acids is 2. The van der Waals surface area contributed by atoms with Crippen molar-refractivity contribution < 1.29 is 39.0 Å². The number of aromatic nitrogens is 2. The fourth-order valence-corrected chi connectivity index (χ4v) is 3.39. The van der Waals surface area contributed by atoms with Gasteiger partial charge in [-0.1, -0.05) is 30.3 Å². The number of imidazole rings is 1. The molecule has 4 unspecified atom stereocenters. The molecule has 0 aliphatic carbocycles. The lowest BCUT2D eigenvalue weighted by molar-refractivity contribution is -0.142. The molecule has 15 nitrogen and oxygen atoms in total. The van der Waals surface area contributed by atoms with Crippen LogP contribution in [0.2, 0.25) is 0 Å². The average Bonchev–Trinajstić information content (AvgIpc) is 3.35. The van der Waals surface area contributed by atoms with E-state index in [-0.39, 0.29) is 12.8 Å². The molecular formula is C23H29N7O8. The Morgan fingerprint density at radius 1 is 0.842 bits per heavy atom. The van der Waals surface area contributed by atoms with E-state index in [4.69, 9.17) is 16.6 Å². The fourth-order valence-electron chi connectivity index (χ4n) is 3.39. The summed E-state index contributed by atoms with van der Waals surface area (Å²) in [5, 5.41) is 25.3. The molecule has 1 heterocycles. The third-order valence-corrected chi connectivity index (χ3v) is 5.28. The Bertz CT molecular complexity index is 1140. The molecule has 2 aromatic rings. The highest BCUT2D eigenvalue weighted by Gasteiger charge is 2.32. The van der Waals surface area contributed by atoms with Gasteiger partial charge in [-0.05, 0) is 5.56 Å². The van der Waals surface area contributed by atoms with Crippen LogP contribution in [0.5, 0.6) is 0 Å². The Kier molecular flexibility index (Phi) is 10.9. The SMILES string of the molecule is NC(=O)CC(NC(=O)C(Cc1ccccc1)NC(=O)C(N)CC(=O)O)C(=O)NC(Cc1cnc[nH]1)C(=O)O. The predicted molar refractivity (Wildman–Crippen MR) is 130 cm³/mol. The number of primary amides is 1. The summed E-state index contributed by atoms with van der Waals surface area (Å²) in [6.45, 7) is 0. The summed E-state index contributed by atoms with van der Waals surface area (Å²) in [7, 11) is 0. The van der Waals surface area contributed by atoms with Crippen LogP contribution in [0.4, 0.5) is 0 Å². The zero-order valence-corrected chi connectivity index (χ0v) is 20.1. The van der Waals surface area contributed by atoms with Crippen molar-refractivity contribution in [2.75, 3.05) is 0 Å². The number of amides is 4. The Morgan fingerprint density at radius 3 is 2.00 bits per heavy atom. The zero-order chi connectivity index (χ0) is 28.2. The van der Waals surface area contributed by atoms with Crippen LogP contribution in [0.15, 0.2) is 42.9 Å². The highest BCUT2D eigenvalue weighted by molar-refractivity contribution is 5.96. The molecule has 1 aromatic heterocycles. The van der Waals surface area contributed by atoms with Crippen molar-refractivity contribution in [2.45, 2.75) is 49.9 Å². The Balaban J connectivity index is 2.21. The first-order valence-corrected chi connectivity index (χ1v) is 11.4. The van der Waals surface area contributed by atoms with Crippen LogP contribution in [0.3, 0.4) is 0 Å². The highest BCUT2D eigenvalue weighted by atomic mass is 16.4.